The van der Waals surface area contributed by atoms with E-state index in [0.29, 0.717) is 18.3 Å². The number of ether oxygens (including phenoxy) is 2. The number of alkyl halides is 3. The third-order valence-electron chi connectivity index (χ3n) is 2.79. The van der Waals surface area contributed by atoms with Gasteiger partial charge in [0.25, 0.3) is 0 Å². The molecule has 0 radical (unpaired) electrons. The molecule has 8 heteroatoms. The van der Waals surface area contributed by atoms with Gasteiger partial charge in [0, 0.05) is 12.6 Å². The first-order valence-electron chi connectivity index (χ1n) is 6.43. The van der Waals surface area contributed by atoms with Crippen LogP contribution in [0.2, 0.25) is 0 Å². The molecule has 1 saturated carbocycles. The zero-order valence-corrected chi connectivity index (χ0v) is 12.6. The van der Waals surface area contributed by atoms with Crippen molar-refractivity contribution in [2.45, 2.75) is 31.3 Å². The molecule has 2 rings (SSSR count). The lowest BCUT2D eigenvalue weighted by atomic mass is 10.3. The minimum atomic E-state index is -4.74. The van der Waals surface area contributed by atoms with Gasteiger partial charge in [0.15, 0.2) is 0 Å². The molecule has 1 aliphatic rings. The molecule has 0 aromatic heterocycles. The molecular formula is C13H15BrF3NO3. The van der Waals surface area contributed by atoms with Gasteiger partial charge in [0.1, 0.15) is 24.2 Å². The lowest BCUT2D eigenvalue weighted by Crippen LogP contribution is -2.32. The quantitative estimate of drug-likeness (QED) is 0.775. The van der Waals surface area contributed by atoms with Crippen molar-refractivity contribution in [2.75, 3.05) is 13.2 Å². The molecule has 4 nitrogen and oxygen atoms in total. The van der Waals surface area contributed by atoms with Crippen molar-refractivity contribution in [1.82, 2.24) is 5.32 Å². The van der Waals surface area contributed by atoms with E-state index in [4.69, 9.17) is 4.74 Å². The van der Waals surface area contributed by atoms with Crippen LogP contribution in [0.1, 0.15) is 12.8 Å². The Balaban J connectivity index is 1.81. The van der Waals surface area contributed by atoms with Crippen molar-refractivity contribution in [3.63, 3.8) is 0 Å². The molecule has 0 bridgehead atoms. The average molecular weight is 370 g/mol. The van der Waals surface area contributed by atoms with Gasteiger partial charge in [-0.2, -0.15) is 0 Å². The number of aliphatic hydroxyl groups is 1. The first kappa shape index (κ1) is 16.4. The lowest BCUT2D eigenvalue weighted by molar-refractivity contribution is -0.274. The summed E-state index contributed by atoms with van der Waals surface area (Å²) in [4.78, 5) is 0. The molecule has 0 saturated heterocycles. The highest BCUT2D eigenvalue weighted by Crippen LogP contribution is 2.33. The van der Waals surface area contributed by atoms with Gasteiger partial charge in [0.2, 0.25) is 0 Å². The maximum absolute atomic E-state index is 12.1. The van der Waals surface area contributed by atoms with Crippen LogP contribution in [0.25, 0.3) is 0 Å². The van der Waals surface area contributed by atoms with E-state index in [1.165, 1.54) is 12.1 Å². The molecule has 1 aromatic rings. The second-order valence-corrected chi connectivity index (χ2v) is 5.64. The maximum Gasteiger partial charge on any atom is 0.573 e. The molecule has 21 heavy (non-hydrogen) atoms. The number of benzene rings is 1. The van der Waals surface area contributed by atoms with Crippen LogP contribution in [0, 0.1) is 0 Å². The minimum Gasteiger partial charge on any atom is -0.491 e. The smallest absolute Gasteiger partial charge is 0.491 e. The van der Waals surface area contributed by atoms with Crippen LogP contribution >= 0.6 is 15.9 Å². The third kappa shape index (κ3) is 6.11. The highest BCUT2D eigenvalue weighted by Gasteiger charge is 2.32. The van der Waals surface area contributed by atoms with Crippen molar-refractivity contribution in [3.05, 3.63) is 22.7 Å². The topological polar surface area (TPSA) is 50.7 Å². The lowest BCUT2D eigenvalue weighted by Gasteiger charge is -2.14. The molecule has 0 heterocycles. The summed E-state index contributed by atoms with van der Waals surface area (Å²) < 4.78 is 45.6. The molecule has 1 atom stereocenters. The van der Waals surface area contributed by atoms with Gasteiger partial charge in [-0.25, -0.2) is 0 Å². The second kappa shape index (κ2) is 6.85. The summed E-state index contributed by atoms with van der Waals surface area (Å²) in [6.45, 7) is 0.493. The van der Waals surface area contributed by atoms with Gasteiger partial charge in [-0.3, -0.25) is 0 Å². The summed E-state index contributed by atoms with van der Waals surface area (Å²) in [5.74, 6) is 0.00710. The Morgan fingerprint density at radius 2 is 2.10 bits per heavy atom. The van der Waals surface area contributed by atoms with Crippen LogP contribution < -0.4 is 14.8 Å². The first-order chi connectivity index (χ1) is 9.83. The molecule has 0 spiro atoms. The third-order valence-corrected chi connectivity index (χ3v) is 3.41. The van der Waals surface area contributed by atoms with E-state index in [1.807, 2.05) is 0 Å². The van der Waals surface area contributed by atoms with E-state index in [1.54, 1.807) is 0 Å². The molecule has 0 aliphatic heterocycles. The molecule has 1 unspecified atom stereocenters. The van der Waals surface area contributed by atoms with Crippen LogP contribution in [-0.2, 0) is 0 Å². The Hall–Kier alpha value is -0.990. The Morgan fingerprint density at radius 3 is 2.67 bits per heavy atom. The van der Waals surface area contributed by atoms with Gasteiger partial charge < -0.3 is 19.9 Å². The molecule has 1 fully saturated rings. The van der Waals surface area contributed by atoms with Gasteiger partial charge in [-0.1, -0.05) is 0 Å². The van der Waals surface area contributed by atoms with Crippen LogP contribution in [0.5, 0.6) is 11.5 Å². The number of halogens is 4. The molecular weight excluding hydrogens is 355 g/mol. The zero-order valence-electron chi connectivity index (χ0n) is 11.0. The number of hydrogen-bond donors (Lipinski definition) is 2. The fraction of sp³-hybridized carbons (Fsp3) is 0.538. The monoisotopic (exact) mass is 369 g/mol. The zero-order chi connectivity index (χ0) is 15.5. The van der Waals surface area contributed by atoms with E-state index in [9.17, 15) is 18.3 Å². The fourth-order valence-corrected chi connectivity index (χ4v) is 2.06. The number of aliphatic hydroxyl groups excluding tert-OH is 1. The molecule has 118 valence electrons. The van der Waals surface area contributed by atoms with E-state index >= 15 is 0 Å². The molecule has 1 aliphatic carbocycles. The van der Waals surface area contributed by atoms with E-state index in [-0.39, 0.29) is 16.8 Å². The summed E-state index contributed by atoms with van der Waals surface area (Å²) in [5.41, 5.74) is 0. The van der Waals surface area contributed by atoms with Crippen molar-refractivity contribution in [3.8, 4) is 11.5 Å². The summed E-state index contributed by atoms with van der Waals surface area (Å²) in [6, 6.07) is 4.36. The van der Waals surface area contributed by atoms with Crippen molar-refractivity contribution >= 4 is 15.9 Å². The SMILES string of the molecule is OC(CNC1CC1)COc1ccc(OC(F)(F)F)c(Br)c1. The normalized spacial score (nSPS) is 16.6. The average Bonchev–Trinajstić information content (AvgIpc) is 3.19. The van der Waals surface area contributed by atoms with Gasteiger partial charge >= 0.3 is 6.36 Å². The van der Waals surface area contributed by atoms with Crippen molar-refractivity contribution in [2.24, 2.45) is 0 Å². The highest BCUT2D eigenvalue weighted by atomic mass is 79.9. The minimum absolute atomic E-state index is 0.0611. The van der Waals surface area contributed by atoms with E-state index < -0.39 is 12.5 Å². The predicted octanol–water partition coefficient (Wildman–Crippen LogP) is 2.84. The van der Waals surface area contributed by atoms with Gasteiger partial charge in [-0.15, -0.1) is 13.2 Å². The van der Waals surface area contributed by atoms with Crippen molar-refractivity contribution in [1.29, 1.82) is 0 Å². The largest absolute Gasteiger partial charge is 0.573 e. The summed E-state index contributed by atoms with van der Waals surface area (Å²) >= 11 is 2.99. The fourth-order valence-electron chi connectivity index (χ4n) is 1.62. The Morgan fingerprint density at radius 1 is 1.38 bits per heavy atom. The van der Waals surface area contributed by atoms with Gasteiger partial charge in [-0.05, 0) is 47.0 Å². The van der Waals surface area contributed by atoms with Crippen LogP contribution in [0.3, 0.4) is 0 Å². The van der Waals surface area contributed by atoms with Crippen molar-refractivity contribution < 1.29 is 27.8 Å². The first-order valence-corrected chi connectivity index (χ1v) is 7.22. The number of nitrogens with one attached hydrogen (secondary N) is 1. The van der Waals surface area contributed by atoms with Crippen LogP contribution in [-0.4, -0.2) is 36.8 Å². The molecule has 2 N–H and O–H groups in total. The Kier molecular flexibility index (Phi) is 5.34. The van der Waals surface area contributed by atoms with Gasteiger partial charge in [0.05, 0.1) is 4.47 Å². The standard InChI is InChI=1S/C13H15BrF3NO3/c14-11-5-10(3-4-12(11)21-13(15,16)17)20-7-9(19)6-18-8-1-2-8/h3-5,8-9,18-19H,1-2,6-7H2. The molecule has 1 aromatic carbocycles. The Labute approximate surface area is 128 Å². The highest BCUT2D eigenvalue weighted by molar-refractivity contribution is 9.10. The second-order valence-electron chi connectivity index (χ2n) is 4.79. The summed E-state index contributed by atoms with van der Waals surface area (Å²) in [5, 5.41) is 12.8. The number of hydrogen-bond acceptors (Lipinski definition) is 4. The van der Waals surface area contributed by atoms with E-state index in [0.717, 1.165) is 18.9 Å². The van der Waals surface area contributed by atoms with Crippen LogP contribution in [0.4, 0.5) is 13.2 Å². The van der Waals surface area contributed by atoms with E-state index in [2.05, 4.69) is 26.0 Å². The number of rotatable bonds is 7. The summed E-state index contributed by atoms with van der Waals surface area (Å²) in [7, 11) is 0. The Bertz CT molecular complexity index is 480. The molecule has 0 amide bonds. The summed E-state index contributed by atoms with van der Waals surface area (Å²) in [6.07, 6.45) is -3.16. The predicted molar refractivity (Wildman–Crippen MR) is 73.4 cm³/mol. The van der Waals surface area contributed by atoms with Crippen LogP contribution in [0.15, 0.2) is 22.7 Å². The maximum atomic E-state index is 12.1.